The molecule has 0 atom stereocenters. The van der Waals surface area contributed by atoms with Crippen molar-refractivity contribution >= 4 is 16.5 Å². The number of nitrogens with zero attached hydrogens (tertiary/aromatic N) is 1. The number of rotatable bonds is 5. The van der Waals surface area contributed by atoms with E-state index >= 15 is 0 Å². The van der Waals surface area contributed by atoms with Crippen molar-refractivity contribution < 1.29 is 0 Å². The lowest BCUT2D eigenvalue weighted by atomic mass is 10.1. The van der Waals surface area contributed by atoms with Crippen molar-refractivity contribution in [2.45, 2.75) is 6.92 Å². The third-order valence-electron chi connectivity index (χ3n) is 3.25. The molecule has 1 heterocycles. The molecule has 0 fully saturated rings. The van der Waals surface area contributed by atoms with E-state index in [-0.39, 0.29) is 0 Å². The van der Waals surface area contributed by atoms with Crippen LogP contribution in [0.5, 0.6) is 0 Å². The van der Waals surface area contributed by atoms with Crippen molar-refractivity contribution in [2.75, 3.05) is 11.9 Å². The first kappa shape index (κ1) is 14.5. The first-order chi connectivity index (χ1) is 10.7. The fraction of sp³-hybridized carbons (Fsp3) is 0.105. The van der Waals surface area contributed by atoms with Crippen molar-refractivity contribution in [3.8, 4) is 21.7 Å². The Morgan fingerprint density at radius 3 is 2.18 bits per heavy atom. The minimum absolute atomic E-state index is 0.746. The third kappa shape index (κ3) is 3.26. The molecule has 0 spiro atoms. The minimum atomic E-state index is 0.746. The van der Waals surface area contributed by atoms with E-state index in [4.69, 9.17) is 4.98 Å². The normalized spacial score (nSPS) is 10.4. The number of thiazole rings is 1. The SMILES string of the molecule is C=C(C)CNc1nc(-c2ccccc2)c(-c2ccccc2)s1. The highest BCUT2D eigenvalue weighted by Gasteiger charge is 2.14. The summed E-state index contributed by atoms with van der Waals surface area (Å²) >= 11 is 1.69. The standard InChI is InChI=1S/C19H18N2S/c1-14(2)13-20-19-21-17(15-9-5-3-6-10-15)18(22-19)16-11-7-4-8-12-16/h3-12H,1,13H2,2H3,(H,20,21). The van der Waals surface area contributed by atoms with Crippen LogP contribution in [0.3, 0.4) is 0 Å². The summed E-state index contributed by atoms with van der Waals surface area (Å²) in [5.41, 5.74) is 4.46. The molecule has 0 unspecified atom stereocenters. The summed E-state index contributed by atoms with van der Waals surface area (Å²) in [4.78, 5) is 5.99. The van der Waals surface area contributed by atoms with Crippen LogP contribution in [0, 0.1) is 0 Å². The molecule has 0 saturated heterocycles. The van der Waals surface area contributed by atoms with Crippen molar-refractivity contribution in [1.82, 2.24) is 4.98 Å². The summed E-state index contributed by atoms with van der Waals surface area (Å²) in [7, 11) is 0. The molecule has 2 aromatic carbocycles. The minimum Gasteiger partial charge on any atom is -0.358 e. The van der Waals surface area contributed by atoms with E-state index in [1.165, 1.54) is 10.4 Å². The molecule has 0 aliphatic carbocycles. The molecule has 3 aromatic rings. The highest BCUT2D eigenvalue weighted by Crippen LogP contribution is 2.38. The van der Waals surface area contributed by atoms with E-state index in [0.717, 1.165) is 28.5 Å². The fourth-order valence-electron chi connectivity index (χ4n) is 2.20. The van der Waals surface area contributed by atoms with Gasteiger partial charge in [0.1, 0.15) is 0 Å². The lowest BCUT2D eigenvalue weighted by Gasteiger charge is -2.02. The predicted molar refractivity (Wildman–Crippen MR) is 96.3 cm³/mol. The van der Waals surface area contributed by atoms with Gasteiger partial charge in [-0.1, -0.05) is 84.2 Å². The summed E-state index contributed by atoms with van der Waals surface area (Å²) in [6, 6.07) is 20.7. The van der Waals surface area contributed by atoms with Crippen molar-refractivity contribution in [2.24, 2.45) is 0 Å². The Morgan fingerprint density at radius 2 is 1.59 bits per heavy atom. The monoisotopic (exact) mass is 306 g/mol. The van der Waals surface area contributed by atoms with Gasteiger partial charge in [0.2, 0.25) is 0 Å². The van der Waals surface area contributed by atoms with E-state index < -0.39 is 0 Å². The lowest BCUT2D eigenvalue weighted by Crippen LogP contribution is -2.00. The van der Waals surface area contributed by atoms with E-state index in [9.17, 15) is 0 Å². The number of anilines is 1. The maximum absolute atomic E-state index is 4.80. The summed E-state index contributed by atoms with van der Waals surface area (Å²) in [5.74, 6) is 0. The Kier molecular flexibility index (Phi) is 4.35. The van der Waals surface area contributed by atoms with Gasteiger partial charge in [-0.25, -0.2) is 4.98 Å². The van der Waals surface area contributed by atoms with Crippen molar-refractivity contribution in [3.05, 3.63) is 72.8 Å². The second-order valence-corrected chi connectivity index (χ2v) is 6.24. The van der Waals surface area contributed by atoms with Gasteiger partial charge >= 0.3 is 0 Å². The number of hydrogen-bond acceptors (Lipinski definition) is 3. The molecule has 3 rings (SSSR count). The summed E-state index contributed by atoms with van der Waals surface area (Å²) in [6.45, 7) is 6.69. The number of aromatic nitrogens is 1. The first-order valence-electron chi connectivity index (χ1n) is 7.24. The third-order valence-corrected chi connectivity index (χ3v) is 4.31. The van der Waals surface area contributed by atoms with Gasteiger partial charge in [0.05, 0.1) is 10.6 Å². The molecule has 0 saturated carbocycles. The maximum Gasteiger partial charge on any atom is 0.184 e. The van der Waals surface area contributed by atoms with Crippen molar-refractivity contribution in [1.29, 1.82) is 0 Å². The number of nitrogens with one attached hydrogen (secondary N) is 1. The molecule has 0 bridgehead atoms. The smallest absolute Gasteiger partial charge is 0.184 e. The molecular formula is C19H18N2S. The zero-order valence-corrected chi connectivity index (χ0v) is 13.4. The van der Waals surface area contributed by atoms with Gasteiger partial charge in [-0.05, 0) is 12.5 Å². The second kappa shape index (κ2) is 6.58. The van der Waals surface area contributed by atoms with Gasteiger partial charge in [0.15, 0.2) is 5.13 Å². The van der Waals surface area contributed by atoms with Crippen LogP contribution < -0.4 is 5.32 Å². The van der Waals surface area contributed by atoms with Crippen molar-refractivity contribution in [3.63, 3.8) is 0 Å². The van der Waals surface area contributed by atoms with Crippen LogP contribution in [0.2, 0.25) is 0 Å². The van der Waals surface area contributed by atoms with E-state index in [1.807, 2.05) is 31.2 Å². The fourth-order valence-corrected chi connectivity index (χ4v) is 3.19. The second-order valence-electron chi connectivity index (χ2n) is 5.24. The molecule has 0 amide bonds. The van der Waals surface area contributed by atoms with Crippen LogP contribution in [0.1, 0.15) is 6.92 Å². The molecule has 1 N–H and O–H groups in total. The van der Waals surface area contributed by atoms with E-state index in [2.05, 4.69) is 48.3 Å². The quantitative estimate of drug-likeness (QED) is 0.633. The molecule has 0 aliphatic rings. The number of benzene rings is 2. The summed E-state index contributed by atoms with van der Waals surface area (Å²) in [6.07, 6.45) is 0. The van der Waals surface area contributed by atoms with E-state index in [0.29, 0.717) is 0 Å². The van der Waals surface area contributed by atoms with Gasteiger partial charge in [0.25, 0.3) is 0 Å². The Morgan fingerprint density at radius 1 is 1.00 bits per heavy atom. The van der Waals surface area contributed by atoms with Gasteiger partial charge in [-0.15, -0.1) is 0 Å². The van der Waals surface area contributed by atoms with Crippen LogP contribution in [0.4, 0.5) is 5.13 Å². The zero-order valence-electron chi connectivity index (χ0n) is 12.5. The van der Waals surface area contributed by atoms with Gasteiger partial charge in [-0.3, -0.25) is 0 Å². The van der Waals surface area contributed by atoms with Crippen LogP contribution >= 0.6 is 11.3 Å². The number of hydrogen-bond donors (Lipinski definition) is 1. The van der Waals surface area contributed by atoms with Crippen LogP contribution in [0.15, 0.2) is 72.8 Å². The first-order valence-corrected chi connectivity index (χ1v) is 8.05. The molecule has 3 heteroatoms. The largest absolute Gasteiger partial charge is 0.358 e. The highest BCUT2D eigenvalue weighted by molar-refractivity contribution is 7.19. The van der Waals surface area contributed by atoms with Gasteiger partial charge in [-0.2, -0.15) is 0 Å². The summed E-state index contributed by atoms with van der Waals surface area (Å²) < 4.78 is 0. The topological polar surface area (TPSA) is 24.9 Å². The molecule has 22 heavy (non-hydrogen) atoms. The summed E-state index contributed by atoms with van der Waals surface area (Å²) in [5, 5.41) is 4.28. The van der Waals surface area contributed by atoms with Crippen LogP contribution in [-0.4, -0.2) is 11.5 Å². The Bertz CT molecular complexity index is 704. The predicted octanol–water partition coefficient (Wildman–Crippen LogP) is 5.47. The van der Waals surface area contributed by atoms with Crippen LogP contribution in [0.25, 0.3) is 21.7 Å². The average molecular weight is 306 g/mol. The molecule has 0 aliphatic heterocycles. The average Bonchev–Trinajstić information content (AvgIpc) is 2.99. The Balaban J connectivity index is 2.04. The Labute approximate surface area is 135 Å². The molecule has 110 valence electrons. The van der Waals surface area contributed by atoms with Gasteiger partial charge < -0.3 is 5.32 Å². The highest BCUT2D eigenvalue weighted by atomic mass is 32.1. The molecular weight excluding hydrogens is 288 g/mol. The lowest BCUT2D eigenvalue weighted by molar-refractivity contribution is 1.20. The molecule has 0 radical (unpaired) electrons. The molecule has 2 nitrogen and oxygen atoms in total. The molecule has 1 aromatic heterocycles. The Hall–Kier alpha value is -2.39. The maximum atomic E-state index is 4.80. The zero-order chi connectivity index (χ0) is 15.4. The van der Waals surface area contributed by atoms with Crippen LogP contribution in [-0.2, 0) is 0 Å². The van der Waals surface area contributed by atoms with E-state index in [1.54, 1.807) is 11.3 Å². The van der Waals surface area contributed by atoms with Gasteiger partial charge in [0, 0.05) is 12.1 Å².